The molecular formula is C15H17AsN2O5. The van der Waals surface area contributed by atoms with Gasteiger partial charge in [0.1, 0.15) is 0 Å². The maximum absolute atomic E-state index is 11.0. The van der Waals surface area contributed by atoms with Gasteiger partial charge >= 0.3 is 88.1 Å². The number of pyridine rings is 1. The van der Waals surface area contributed by atoms with E-state index < -0.39 is 30.2 Å². The number of anilines is 1. The summed E-state index contributed by atoms with van der Waals surface area (Å²) in [6.45, 7) is 4.83. The van der Waals surface area contributed by atoms with Gasteiger partial charge in [0.2, 0.25) is 0 Å². The number of phenolic OH excluding ortho intramolecular Hbond substituents is 1. The van der Waals surface area contributed by atoms with Crippen molar-refractivity contribution in [3.8, 4) is 5.75 Å². The molecule has 0 bridgehead atoms. The normalized spacial score (nSPS) is 10.2. The monoisotopic (exact) mass is 380 g/mol. The number of aromatic nitrogens is 1. The van der Waals surface area contributed by atoms with Gasteiger partial charge in [-0.3, -0.25) is 4.98 Å². The van der Waals surface area contributed by atoms with Gasteiger partial charge in [-0.15, -0.1) is 0 Å². The number of hydrogen-bond donors (Lipinski definition) is 4. The van der Waals surface area contributed by atoms with E-state index in [-0.39, 0.29) is 5.69 Å². The third-order valence-electron chi connectivity index (χ3n) is 2.58. The summed E-state index contributed by atoms with van der Waals surface area (Å²) >= 11 is -5.15. The molecule has 122 valence electrons. The summed E-state index contributed by atoms with van der Waals surface area (Å²) in [4.78, 5) is 14.6. The summed E-state index contributed by atoms with van der Waals surface area (Å²) in [7, 11) is 0. The number of nitrogens with one attached hydrogen (secondary N) is 1. The molecule has 0 saturated heterocycles. The average Bonchev–Trinajstić information content (AvgIpc) is 2.49. The van der Waals surface area contributed by atoms with E-state index in [1.807, 2.05) is 12.1 Å². The van der Waals surface area contributed by atoms with Crippen molar-refractivity contribution < 1.29 is 21.8 Å². The van der Waals surface area contributed by atoms with E-state index >= 15 is 0 Å². The number of carbonyl (C=O) groups excluding carboxylic acids is 1. The van der Waals surface area contributed by atoms with E-state index in [9.17, 15) is 13.6 Å². The Labute approximate surface area is 136 Å². The molecule has 2 rings (SSSR count). The average molecular weight is 380 g/mol. The van der Waals surface area contributed by atoms with Gasteiger partial charge in [-0.2, -0.15) is 0 Å². The van der Waals surface area contributed by atoms with Crippen LogP contribution in [0.4, 0.5) is 5.69 Å². The van der Waals surface area contributed by atoms with Gasteiger partial charge in [-0.25, -0.2) is 0 Å². The van der Waals surface area contributed by atoms with Gasteiger partial charge in [0, 0.05) is 12.4 Å². The standard InChI is InChI=1S/C8H10AsNO5.C7H7N/c1-5(11)10-7-4-2-3-6(8(7)12)9(13,14)15;1-2-7-3-5-8-6-4-7/h2-4,12H,1H3,(H,10,11)(H2,13,14,15);2-6H,1H2. The number of nitrogens with zero attached hydrogens (tertiary/aromatic N) is 1. The Morgan fingerprint density at radius 3 is 2.30 bits per heavy atom. The summed E-state index contributed by atoms with van der Waals surface area (Å²) in [6.07, 6.45) is 5.29. The zero-order valence-electron chi connectivity index (χ0n) is 12.4. The van der Waals surface area contributed by atoms with Crippen molar-refractivity contribution in [2.75, 3.05) is 5.32 Å². The second-order valence-corrected chi connectivity index (χ2v) is 7.68. The molecule has 4 N–H and O–H groups in total. The number of hydrogen-bond acceptors (Lipinski definition) is 4. The molecule has 0 fully saturated rings. The van der Waals surface area contributed by atoms with Crippen molar-refractivity contribution in [1.82, 2.24) is 4.98 Å². The zero-order chi connectivity index (χ0) is 17.5. The fourth-order valence-corrected chi connectivity index (χ4v) is 2.98. The van der Waals surface area contributed by atoms with Gasteiger partial charge in [0.05, 0.1) is 0 Å². The Bertz CT molecular complexity index is 728. The fourth-order valence-electron chi connectivity index (χ4n) is 1.56. The van der Waals surface area contributed by atoms with E-state index in [2.05, 4.69) is 16.9 Å². The van der Waals surface area contributed by atoms with Crippen LogP contribution in [0, 0.1) is 0 Å². The van der Waals surface area contributed by atoms with Gasteiger partial charge < -0.3 is 0 Å². The predicted octanol–water partition coefficient (Wildman–Crippen LogP) is 0.636. The molecule has 1 heterocycles. The van der Waals surface area contributed by atoms with E-state index in [1.165, 1.54) is 19.1 Å². The van der Waals surface area contributed by atoms with E-state index in [0.717, 1.165) is 11.6 Å². The number of aromatic hydroxyl groups is 1. The topological polar surface area (TPSA) is 120 Å². The SMILES string of the molecule is C=Cc1ccncc1.CC(=O)Nc1cccc([As](=O)(O)O)c1O. The Kier molecular flexibility index (Phi) is 6.78. The van der Waals surface area contributed by atoms with Crippen molar-refractivity contribution in [3.63, 3.8) is 0 Å². The second-order valence-electron chi connectivity index (χ2n) is 4.38. The summed E-state index contributed by atoms with van der Waals surface area (Å²) < 4.78 is 28.4. The molecule has 0 radical (unpaired) electrons. The van der Waals surface area contributed by atoms with Crippen LogP contribution in [-0.4, -0.2) is 38.4 Å². The Morgan fingerprint density at radius 2 is 1.87 bits per heavy atom. The van der Waals surface area contributed by atoms with Gasteiger partial charge in [0.15, 0.2) is 0 Å². The third kappa shape index (κ3) is 6.12. The molecule has 1 amide bonds. The first-order chi connectivity index (χ1) is 10.8. The summed E-state index contributed by atoms with van der Waals surface area (Å²) in [5, 5.41) is 11.7. The van der Waals surface area contributed by atoms with Crippen LogP contribution in [0.15, 0.2) is 49.3 Å². The van der Waals surface area contributed by atoms with Crippen LogP contribution >= 0.6 is 0 Å². The molecule has 0 spiro atoms. The maximum atomic E-state index is 11.0. The van der Waals surface area contributed by atoms with E-state index in [1.54, 1.807) is 18.5 Å². The van der Waals surface area contributed by atoms with Crippen LogP contribution < -0.4 is 9.67 Å². The number of amides is 1. The van der Waals surface area contributed by atoms with Gasteiger partial charge in [-0.05, 0) is 17.7 Å². The molecule has 0 aliphatic carbocycles. The fraction of sp³-hybridized carbons (Fsp3) is 0.0667. The number of benzene rings is 1. The second kappa shape index (κ2) is 8.33. The quantitative estimate of drug-likeness (QED) is 0.458. The zero-order valence-corrected chi connectivity index (χ0v) is 14.3. The first-order valence-corrected chi connectivity index (χ1v) is 9.82. The molecular weight excluding hydrogens is 363 g/mol. The number of carbonyl (C=O) groups is 1. The predicted molar refractivity (Wildman–Crippen MR) is 87.3 cm³/mol. The van der Waals surface area contributed by atoms with Crippen LogP contribution in [0.25, 0.3) is 6.08 Å². The van der Waals surface area contributed by atoms with Crippen LogP contribution in [0.5, 0.6) is 5.75 Å². The number of rotatable bonds is 3. The molecule has 0 aliphatic heterocycles. The van der Waals surface area contributed by atoms with Crippen molar-refractivity contribution in [2.45, 2.75) is 6.92 Å². The summed E-state index contributed by atoms with van der Waals surface area (Å²) in [5.41, 5.74) is 1.10. The summed E-state index contributed by atoms with van der Waals surface area (Å²) in [6, 6.07) is 7.65. The number of para-hydroxylation sites is 1. The van der Waals surface area contributed by atoms with E-state index in [0.29, 0.717) is 0 Å². The molecule has 7 nitrogen and oxygen atoms in total. The third-order valence-corrected chi connectivity index (χ3v) is 4.66. The molecule has 23 heavy (non-hydrogen) atoms. The molecule has 0 saturated carbocycles. The first-order valence-electron chi connectivity index (χ1n) is 6.44. The van der Waals surface area contributed by atoms with Crippen LogP contribution in [0.2, 0.25) is 0 Å². The number of phenols is 1. The molecule has 1 aromatic carbocycles. The van der Waals surface area contributed by atoms with Crippen LogP contribution in [0.1, 0.15) is 12.5 Å². The van der Waals surface area contributed by atoms with Crippen molar-refractivity contribution in [1.29, 1.82) is 0 Å². The van der Waals surface area contributed by atoms with E-state index in [4.69, 9.17) is 8.19 Å². The first kappa shape index (κ1) is 18.7. The van der Waals surface area contributed by atoms with Crippen molar-refractivity contribution in [2.24, 2.45) is 0 Å². The molecule has 0 atom stereocenters. The molecule has 0 aliphatic rings. The Hall–Kier alpha value is -2.34. The minimum atomic E-state index is -5.15. The molecule has 2 aromatic rings. The Balaban J connectivity index is 0.000000277. The molecule has 1 aromatic heterocycles. The van der Waals surface area contributed by atoms with Gasteiger partial charge in [-0.1, -0.05) is 12.7 Å². The van der Waals surface area contributed by atoms with Crippen molar-refractivity contribution >= 4 is 36.2 Å². The summed E-state index contributed by atoms with van der Waals surface area (Å²) in [5.74, 6) is -1.01. The van der Waals surface area contributed by atoms with Gasteiger partial charge in [0.25, 0.3) is 0 Å². The molecule has 0 unspecified atom stereocenters. The Morgan fingerprint density at radius 1 is 1.26 bits per heavy atom. The van der Waals surface area contributed by atoms with Crippen molar-refractivity contribution in [3.05, 3.63) is 54.9 Å². The minimum absolute atomic E-state index is 0.00951. The molecule has 8 heteroatoms. The van der Waals surface area contributed by atoms with Crippen LogP contribution in [-0.2, 0) is 8.53 Å². The van der Waals surface area contributed by atoms with Crippen LogP contribution in [0.3, 0.4) is 0 Å².